The quantitative estimate of drug-likeness (QED) is 0.707. The van der Waals surface area contributed by atoms with Crippen LogP contribution in [0.5, 0.6) is 0 Å². The summed E-state index contributed by atoms with van der Waals surface area (Å²) in [6, 6.07) is 3.67. The molecule has 3 heteroatoms. The zero-order chi connectivity index (χ0) is 10.9. The maximum Gasteiger partial charge on any atom is 0.310 e. The number of benzene rings is 1. The molecule has 1 rings (SSSR count). The van der Waals surface area contributed by atoms with Crippen molar-refractivity contribution in [2.24, 2.45) is 0 Å². The molecule has 0 aliphatic heterocycles. The molecule has 0 spiro atoms. The summed E-state index contributed by atoms with van der Waals surface area (Å²) >= 11 is 0. The van der Waals surface area contributed by atoms with Crippen molar-refractivity contribution in [3.05, 3.63) is 28.8 Å². The van der Waals surface area contributed by atoms with Gasteiger partial charge in [-0.3, -0.25) is 4.79 Å². The van der Waals surface area contributed by atoms with Crippen molar-refractivity contribution in [2.45, 2.75) is 26.7 Å². The Balaban J connectivity index is 3.19. The Hall–Kier alpha value is -1.51. The summed E-state index contributed by atoms with van der Waals surface area (Å²) in [6.07, 6.45) is 0. The summed E-state index contributed by atoms with van der Waals surface area (Å²) in [4.78, 5) is 10.8. The predicted molar refractivity (Wildman–Crippen MR) is 56.4 cm³/mol. The van der Waals surface area contributed by atoms with E-state index in [-0.39, 0.29) is 0 Å². The number of aryl methyl sites for hydroxylation is 2. The molecule has 76 valence electrons. The number of carboxylic acid groups (broad SMARTS) is 1. The Kier molecular flexibility index (Phi) is 2.79. The number of rotatable bonds is 2. The Morgan fingerprint density at radius 2 is 1.79 bits per heavy atom. The van der Waals surface area contributed by atoms with Gasteiger partial charge in [0.2, 0.25) is 0 Å². The van der Waals surface area contributed by atoms with Crippen LogP contribution in [0.1, 0.15) is 29.5 Å². The van der Waals surface area contributed by atoms with Gasteiger partial charge in [0, 0.05) is 5.69 Å². The van der Waals surface area contributed by atoms with Crippen LogP contribution >= 0.6 is 0 Å². The second-order valence-corrected chi connectivity index (χ2v) is 3.63. The summed E-state index contributed by atoms with van der Waals surface area (Å²) in [5.41, 5.74) is 9.20. The first-order valence-electron chi connectivity index (χ1n) is 4.53. The molecule has 0 bridgehead atoms. The fourth-order valence-electron chi connectivity index (χ4n) is 1.40. The number of hydrogen-bond acceptors (Lipinski definition) is 2. The van der Waals surface area contributed by atoms with Crippen LogP contribution in [0.25, 0.3) is 0 Å². The summed E-state index contributed by atoms with van der Waals surface area (Å²) in [7, 11) is 0. The van der Waals surface area contributed by atoms with Gasteiger partial charge in [0.15, 0.2) is 0 Å². The molecule has 0 aromatic heterocycles. The second kappa shape index (κ2) is 3.70. The molecule has 0 radical (unpaired) electrons. The molecule has 0 fully saturated rings. The zero-order valence-corrected chi connectivity index (χ0v) is 8.66. The molecule has 0 amide bonds. The van der Waals surface area contributed by atoms with Crippen LogP contribution in [-0.4, -0.2) is 11.1 Å². The first-order valence-corrected chi connectivity index (χ1v) is 4.53. The fraction of sp³-hybridized carbons (Fsp3) is 0.364. The third-order valence-corrected chi connectivity index (χ3v) is 2.49. The van der Waals surface area contributed by atoms with Crippen LogP contribution in [0.4, 0.5) is 5.69 Å². The minimum Gasteiger partial charge on any atom is -0.481 e. The molecule has 1 aromatic rings. The largest absolute Gasteiger partial charge is 0.481 e. The average Bonchev–Trinajstić information content (AvgIpc) is 2.12. The van der Waals surface area contributed by atoms with E-state index in [2.05, 4.69) is 0 Å². The van der Waals surface area contributed by atoms with Crippen LogP contribution in [-0.2, 0) is 4.79 Å². The highest BCUT2D eigenvalue weighted by molar-refractivity contribution is 5.76. The molecule has 1 unspecified atom stereocenters. The lowest BCUT2D eigenvalue weighted by Crippen LogP contribution is -2.08. The number of carboxylic acids is 1. The Morgan fingerprint density at radius 1 is 1.36 bits per heavy atom. The summed E-state index contributed by atoms with van der Waals surface area (Å²) in [5, 5.41) is 8.86. The van der Waals surface area contributed by atoms with Gasteiger partial charge in [-0.25, -0.2) is 0 Å². The summed E-state index contributed by atoms with van der Waals surface area (Å²) < 4.78 is 0. The molecule has 0 aliphatic rings. The Labute approximate surface area is 83.6 Å². The van der Waals surface area contributed by atoms with E-state index in [0.717, 1.165) is 22.4 Å². The highest BCUT2D eigenvalue weighted by atomic mass is 16.4. The van der Waals surface area contributed by atoms with E-state index >= 15 is 0 Å². The Bertz CT molecular complexity index is 349. The highest BCUT2D eigenvalue weighted by Crippen LogP contribution is 2.23. The SMILES string of the molecule is Cc1cc(C(C)C(=O)O)cc(C)c1N. The average molecular weight is 193 g/mol. The molecular weight excluding hydrogens is 178 g/mol. The van der Waals surface area contributed by atoms with Crippen molar-refractivity contribution in [1.82, 2.24) is 0 Å². The zero-order valence-electron chi connectivity index (χ0n) is 8.66. The number of hydrogen-bond donors (Lipinski definition) is 2. The van der Waals surface area contributed by atoms with Crippen molar-refractivity contribution in [3.8, 4) is 0 Å². The van der Waals surface area contributed by atoms with Gasteiger partial charge < -0.3 is 10.8 Å². The number of nitrogens with two attached hydrogens (primary N) is 1. The standard InChI is InChI=1S/C11H15NO2/c1-6-4-9(8(3)11(13)14)5-7(2)10(6)12/h4-5,8H,12H2,1-3H3,(H,13,14). The third-order valence-electron chi connectivity index (χ3n) is 2.49. The minimum atomic E-state index is -0.812. The summed E-state index contributed by atoms with van der Waals surface area (Å²) in [5.74, 6) is -1.29. The first-order chi connectivity index (χ1) is 6.43. The van der Waals surface area contributed by atoms with Crippen LogP contribution in [0.2, 0.25) is 0 Å². The van der Waals surface area contributed by atoms with E-state index in [9.17, 15) is 4.79 Å². The monoisotopic (exact) mass is 193 g/mol. The van der Waals surface area contributed by atoms with Crippen molar-refractivity contribution in [1.29, 1.82) is 0 Å². The smallest absolute Gasteiger partial charge is 0.310 e. The van der Waals surface area contributed by atoms with Crippen LogP contribution < -0.4 is 5.73 Å². The number of aliphatic carboxylic acids is 1. The molecule has 3 N–H and O–H groups in total. The third kappa shape index (κ3) is 1.87. The molecule has 14 heavy (non-hydrogen) atoms. The number of carbonyl (C=O) groups is 1. The van der Waals surface area contributed by atoms with Gasteiger partial charge in [-0.1, -0.05) is 12.1 Å². The maximum absolute atomic E-state index is 10.8. The molecule has 0 heterocycles. The van der Waals surface area contributed by atoms with Crippen molar-refractivity contribution < 1.29 is 9.90 Å². The molecule has 0 saturated heterocycles. The van der Waals surface area contributed by atoms with Crippen molar-refractivity contribution >= 4 is 11.7 Å². The number of nitrogen functional groups attached to an aromatic ring is 1. The van der Waals surface area contributed by atoms with Gasteiger partial charge >= 0.3 is 5.97 Å². The van der Waals surface area contributed by atoms with Crippen molar-refractivity contribution in [3.63, 3.8) is 0 Å². The second-order valence-electron chi connectivity index (χ2n) is 3.63. The van der Waals surface area contributed by atoms with Crippen LogP contribution in [0, 0.1) is 13.8 Å². The molecule has 1 atom stereocenters. The van der Waals surface area contributed by atoms with E-state index in [1.807, 2.05) is 26.0 Å². The summed E-state index contributed by atoms with van der Waals surface area (Å²) in [6.45, 7) is 5.45. The van der Waals surface area contributed by atoms with E-state index < -0.39 is 11.9 Å². The van der Waals surface area contributed by atoms with Gasteiger partial charge in [0.1, 0.15) is 0 Å². The van der Waals surface area contributed by atoms with E-state index in [1.54, 1.807) is 6.92 Å². The maximum atomic E-state index is 10.8. The van der Waals surface area contributed by atoms with E-state index in [1.165, 1.54) is 0 Å². The van der Waals surface area contributed by atoms with E-state index in [4.69, 9.17) is 10.8 Å². The molecule has 0 saturated carbocycles. The van der Waals surface area contributed by atoms with E-state index in [0.29, 0.717) is 0 Å². The topological polar surface area (TPSA) is 63.3 Å². The molecule has 1 aromatic carbocycles. The van der Waals surface area contributed by atoms with Crippen LogP contribution in [0.15, 0.2) is 12.1 Å². The van der Waals surface area contributed by atoms with Gasteiger partial charge in [0.05, 0.1) is 5.92 Å². The Morgan fingerprint density at radius 3 is 2.14 bits per heavy atom. The lowest BCUT2D eigenvalue weighted by Gasteiger charge is -2.11. The van der Waals surface area contributed by atoms with Gasteiger partial charge in [-0.2, -0.15) is 0 Å². The van der Waals surface area contributed by atoms with Crippen molar-refractivity contribution in [2.75, 3.05) is 5.73 Å². The lowest BCUT2D eigenvalue weighted by molar-refractivity contribution is -0.138. The fourth-order valence-corrected chi connectivity index (χ4v) is 1.40. The predicted octanol–water partition coefficient (Wildman–Crippen LogP) is 2.07. The molecular formula is C11H15NO2. The lowest BCUT2D eigenvalue weighted by atomic mass is 9.96. The van der Waals surface area contributed by atoms with Gasteiger partial charge in [-0.05, 0) is 37.5 Å². The first kappa shape index (κ1) is 10.6. The molecule has 0 aliphatic carbocycles. The van der Waals surface area contributed by atoms with Gasteiger partial charge in [0.25, 0.3) is 0 Å². The minimum absolute atomic E-state index is 0.479. The normalized spacial score (nSPS) is 12.5. The van der Waals surface area contributed by atoms with Crippen LogP contribution in [0.3, 0.4) is 0 Å². The molecule has 3 nitrogen and oxygen atoms in total. The number of anilines is 1. The highest BCUT2D eigenvalue weighted by Gasteiger charge is 2.14. The van der Waals surface area contributed by atoms with Gasteiger partial charge in [-0.15, -0.1) is 0 Å².